The van der Waals surface area contributed by atoms with Crippen molar-refractivity contribution in [1.29, 1.82) is 0 Å². The maximum Gasteiger partial charge on any atom is 0.0541 e. The molecule has 224 valence electrons. The van der Waals surface area contributed by atoms with Gasteiger partial charge in [0.15, 0.2) is 0 Å². The molecule has 0 saturated carbocycles. The summed E-state index contributed by atoms with van der Waals surface area (Å²) >= 11 is 0. The molecule has 2 nitrogen and oxygen atoms in total. The molecule has 2 heteroatoms. The Morgan fingerprint density at radius 3 is 1.35 bits per heavy atom. The van der Waals surface area contributed by atoms with E-state index in [2.05, 4.69) is 167 Å². The van der Waals surface area contributed by atoms with E-state index in [-0.39, 0.29) is 0 Å². The van der Waals surface area contributed by atoms with Crippen molar-refractivity contribution in [3.8, 4) is 11.4 Å². The van der Waals surface area contributed by atoms with Crippen LogP contribution in [-0.2, 0) is 6.42 Å². The number of nitrogens with zero attached hydrogens (tertiary/aromatic N) is 2. The van der Waals surface area contributed by atoms with Crippen molar-refractivity contribution in [2.24, 2.45) is 0 Å². The smallest absolute Gasteiger partial charge is 0.0541 e. The molecule has 0 amide bonds. The molecule has 8 rings (SSSR count). The first-order chi connectivity index (χ1) is 22.8. The lowest BCUT2D eigenvalue weighted by molar-refractivity contribution is 0.641. The van der Waals surface area contributed by atoms with E-state index in [1.165, 1.54) is 91.8 Å². The SMILES string of the molecule is C1=C/C=C\C(CCCCCCc2cc(-n3c4ccccc4c4ccccc43)cc(-n3c4ccccc4c4ccccc43)c2)=C/C=C1. The highest BCUT2D eigenvalue weighted by Gasteiger charge is 2.16. The predicted octanol–water partition coefficient (Wildman–Crippen LogP) is 12.0. The van der Waals surface area contributed by atoms with Gasteiger partial charge in [0, 0.05) is 32.9 Å². The standard InChI is InChI=1S/C44H38N2/c1-2-6-18-33(19-7-3-1)20-8-4-5-9-21-34-30-35(45-41-26-14-10-22-37(41)38-23-11-15-27-42(38)45)32-36(31-34)46-43-28-16-12-24-39(43)40-25-13-17-29-44(40)46/h1-3,6-7,10-19,22-32H,4-5,8-9,20-21H2/b2-1?,3-1?,6-2?,7-3?,18-6-,19-7?,33-18?,33-19+. The lowest BCUT2D eigenvalue weighted by Gasteiger charge is -2.16. The fourth-order valence-electron chi connectivity index (χ4n) is 7.25. The van der Waals surface area contributed by atoms with Gasteiger partial charge in [0.2, 0.25) is 0 Å². The molecule has 5 aromatic carbocycles. The van der Waals surface area contributed by atoms with E-state index >= 15 is 0 Å². The molecule has 2 heterocycles. The molecule has 1 aliphatic carbocycles. The second-order valence-corrected chi connectivity index (χ2v) is 12.4. The monoisotopic (exact) mass is 594 g/mol. The summed E-state index contributed by atoms with van der Waals surface area (Å²) in [5.74, 6) is 0. The van der Waals surface area contributed by atoms with Crippen molar-refractivity contribution in [1.82, 2.24) is 9.13 Å². The number of hydrogen-bond acceptors (Lipinski definition) is 0. The lowest BCUT2D eigenvalue weighted by atomic mass is 10.0. The average molecular weight is 595 g/mol. The van der Waals surface area contributed by atoms with Crippen molar-refractivity contribution in [3.05, 3.63) is 169 Å². The minimum atomic E-state index is 1.06. The number of unbranched alkanes of at least 4 members (excludes halogenated alkanes) is 3. The van der Waals surface area contributed by atoms with Gasteiger partial charge < -0.3 is 9.13 Å². The predicted molar refractivity (Wildman–Crippen MR) is 197 cm³/mol. The Bertz CT molecular complexity index is 2080. The molecule has 0 N–H and O–H groups in total. The van der Waals surface area contributed by atoms with Gasteiger partial charge in [0.05, 0.1) is 22.1 Å². The van der Waals surface area contributed by atoms with E-state index in [0.29, 0.717) is 0 Å². The van der Waals surface area contributed by atoms with Crippen LogP contribution in [0.3, 0.4) is 0 Å². The van der Waals surface area contributed by atoms with Crippen molar-refractivity contribution in [2.45, 2.75) is 38.5 Å². The van der Waals surface area contributed by atoms with E-state index in [1.54, 1.807) is 0 Å². The van der Waals surface area contributed by atoms with E-state index in [4.69, 9.17) is 0 Å². The van der Waals surface area contributed by atoms with Crippen molar-refractivity contribution in [3.63, 3.8) is 0 Å². The molecule has 0 unspecified atom stereocenters. The normalized spacial score (nSPS) is 15.0. The molecule has 1 aliphatic rings. The van der Waals surface area contributed by atoms with Gasteiger partial charge in [-0.3, -0.25) is 0 Å². The first kappa shape index (κ1) is 28.2. The third-order valence-electron chi connectivity index (χ3n) is 9.38. The van der Waals surface area contributed by atoms with Crippen molar-refractivity contribution >= 4 is 43.6 Å². The number of aryl methyl sites for hydroxylation is 1. The minimum Gasteiger partial charge on any atom is -0.309 e. The molecular formula is C44H38N2. The topological polar surface area (TPSA) is 9.86 Å². The number of hydrogen-bond donors (Lipinski definition) is 0. The number of allylic oxidation sites excluding steroid dienone is 8. The fraction of sp³-hybridized carbons (Fsp3) is 0.136. The second kappa shape index (κ2) is 12.6. The van der Waals surface area contributed by atoms with Crippen LogP contribution in [0.25, 0.3) is 55.0 Å². The summed E-state index contributed by atoms with van der Waals surface area (Å²) in [6.45, 7) is 0. The third kappa shape index (κ3) is 5.31. The third-order valence-corrected chi connectivity index (χ3v) is 9.38. The Kier molecular flexibility index (Phi) is 7.70. The molecule has 46 heavy (non-hydrogen) atoms. The van der Waals surface area contributed by atoms with Gasteiger partial charge in [-0.25, -0.2) is 0 Å². The molecule has 0 saturated heterocycles. The van der Waals surface area contributed by atoms with E-state index in [0.717, 1.165) is 12.8 Å². The van der Waals surface area contributed by atoms with Gasteiger partial charge in [0.1, 0.15) is 0 Å². The van der Waals surface area contributed by atoms with Gasteiger partial charge in [-0.2, -0.15) is 0 Å². The summed E-state index contributed by atoms with van der Waals surface area (Å²) in [4.78, 5) is 0. The van der Waals surface area contributed by atoms with Crippen LogP contribution in [0.4, 0.5) is 0 Å². The highest BCUT2D eigenvalue weighted by molar-refractivity contribution is 6.10. The summed E-state index contributed by atoms with van der Waals surface area (Å²) in [6, 6.07) is 42.5. The molecule has 0 atom stereocenters. The first-order valence-corrected chi connectivity index (χ1v) is 16.7. The van der Waals surface area contributed by atoms with Crippen LogP contribution < -0.4 is 0 Å². The van der Waals surface area contributed by atoms with Crippen LogP contribution in [0.2, 0.25) is 0 Å². The van der Waals surface area contributed by atoms with Crippen LogP contribution in [0.1, 0.15) is 37.7 Å². The Morgan fingerprint density at radius 1 is 0.391 bits per heavy atom. The molecule has 0 fully saturated rings. The van der Waals surface area contributed by atoms with Crippen LogP contribution in [0.5, 0.6) is 0 Å². The Hall–Kier alpha value is -5.34. The molecule has 2 aromatic heterocycles. The van der Waals surface area contributed by atoms with Gasteiger partial charge in [-0.05, 0) is 79.3 Å². The van der Waals surface area contributed by atoms with Crippen LogP contribution in [-0.4, -0.2) is 9.13 Å². The first-order valence-electron chi connectivity index (χ1n) is 16.7. The summed E-state index contributed by atoms with van der Waals surface area (Å²) in [7, 11) is 0. The largest absolute Gasteiger partial charge is 0.309 e. The summed E-state index contributed by atoms with van der Waals surface area (Å²) < 4.78 is 4.93. The summed E-state index contributed by atoms with van der Waals surface area (Å²) in [5, 5.41) is 5.18. The second-order valence-electron chi connectivity index (χ2n) is 12.4. The van der Waals surface area contributed by atoms with Gasteiger partial charge in [-0.15, -0.1) is 0 Å². The van der Waals surface area contributed by atoms with Gasteiger partial charge in [-0.1, -0.05) is 128 Å². The van der Waals surface area contributed by atoms with Crippen molar-refractivity contribution in [2.75, 3.05) is 0 Å². The number of para-hydroxylation sites is 4. The molecule has 0 spiro atoms. The fourth-order valence-corrected chi connectivity index (χ4v) is 7.25. The molecule has 0 radical (unpaired) electrons. The Labute approximate surface area is 270 Å². The minimum absolute atomic E-state index is 1.06. The molecular weight excluding hydrogens is 556 g/mol. The average Bonchev–Trinajstić information content (AvgIpc) is 3.60. The Morgan fingerprint density at radius 2 is 0.826 bits per heavy atom. The van der Waals surface area contributed by atoms with Crippen LogP contribution in [0.15, 0.2) is 163 Å². The number of benzene rings is 5. The zero-order valence-corrected chi connectivity index (χ0v) is 26.1. The Balaban J connectivity index is 1.17. The highest BCUT2D eigenvalue weighted by atomic mass is 15.0. The zero-order chi connectivity index (χ0) is 30.7. The van der Waals surface area contributed by atoms with E-state index in [9.17, 15) is 0 Å². The van der Waals surface area contributed by atoms with Gasteiger partial charge in [0.25, 0.3) is 0 Å². The van der Waals surface area contributed by atoms with Crippen molar-refractivity contribution < 1.29 is 0 Å². The molecule has 0 bridgehead atoms. The molecule has 7 aromatic rings. The van der Waals surface area contributed by atoms with Gasteiger partial charge >= 0.3 is 0 Å². The number of aromatic nitrogens is 2. The van der Waals surface area contributed by atoms with E-state index in [1.807, 2.05) is 0 Å². The maximum atomic E-state index is 2.46. The summed E-state index contributed by atoms with van der Waals surface area (Å²) in [6.07, 6.45) is 22.1. The molecule has 0 aliphatic heterocycles. The van der Waals surface area contributed by atoms with Crippen LogP contribution >= 0.6 is 0 Å². The lowest BCUT2D eigenvalue weighted by Crippen LogP contribution is -2.01. The number of fused-ring (bicyclic) bond motifs is 6. The summed E-state index contributed by atoms with van der Waals surface area (Å²) in [5.41, 5.74) is 10.2. The maximum absolute atomic E-state index is 2.46. The quantitative estimate of drug-likeness (QED) is 0.147. The van der Waals surface area contributed by atoms with Crippen LogP contribution in [0, 0.1) is 0 Å². The zero-order valence-electron chi connectivity index (χ0n) is 26.1. The van der Waals surface area contributed by atoms with E-state index < -0.39 is 0 Å². The highest BCUT2D eigenvalue weighted by Crippen LogP contribution is 2.36. The number of rotatable bonds is 9.